The number of pyridine rings is 3. The molecule has 0 amide bonds. The molecule has 1 aromatic carbocycles. The largest absolute Gasteiger partial charge is 0.339 e. The number of aryl methyl sites for hydroxylation is 2. The highest BCUT2D eigenvalue weighted by atomic mass is 16.1. The summed E-state index contributed by atoms with van der Waals surface area (Å²) in [6, 6.07) is 16.1. The molecule has 0 saturated carbocycles. The molecule has 7 heteroatoms. The number of rotatable bonds is 5. The van der Waals surface area contributed by atoms with Crippen LogP contribution in [0.15, 0.2) is 65.7 Å². The first-order chi connectivity index (χ1) is 16.1. The minimum absolute atomic E-state index is 0.0814. The topological polar surface area (TPSA) is 83.9 Å². The van der Waals surface area contributed by atoms with Gasteiger partial charge in [-0.15, -0.1) is 0 Å². The lowest BCUT2D eigenvalue weighted by molar-refractivity contribution is 0.461. The van der Waals surface area contributed by atoms with Gasteiger partial charge in [-0.3, -0.25) is 4.79 Å². The third-order valence-corrected chi connectivity index (χ3v) is 6.23. The number of nitrogens with one attached hydrogen (secondary N) is 3. The minimum Gasteiger partial charge on any atom is -0.339 e. The van der Waals surface area contributed by atoms with Gasteiger partial charge in [-0.05, 0) is 85.6 Å². The molecule has 1 saturated heterocycles. The standard InChI is InChI=1S/C26H28N6O/c1-17-7-13-28-22(15-17)30-23-16-19-10-14-32(2)26(33)24(19)25(31-23)29-21-6-4-3-5-20(21)18-8-11-27-12-9-18/h3-7,10,13-16,18,27H,8-9,11-12H2,1-2H3,(H2,28,29,30,31). The molecule has 0 unspecified atom stereocenters. The van der Waals surface area contributed by atoms with Gasteiger partial charge >= 0.3 is 0 Å². The number of aromatic nitrogens is 3. The summed E-state index contributed by atoms with van der Waals surface area (Å²) in [5, 5.41) is 11.6. The number of para-hydroxylation sites is 1. The van der Waals surface area contributed by atoms with Gasteiger partial charge in [0.15, 0.2) is 0 Å². The lowest BCUT2D eigenvalue weighted by atomic mass is 9.89. The van der Waals surface area contributed by atoms with Gasteiger partial charge in [-0.25, -0.2) is 9.97 Å². The van der Waals surface area contributed by atoms with Crippen molar-refractivity contribution in [1.29, 1.82) is 0 Å². The van der Waals surface area contributed by atoms with Gasteiger partial charge in [-0.1, -0.05) is 18.2 Å². The van der Waals surface area contributed by atoms with Crippen LogP contribution in [0.5, 0.6) is 0 Å². The zero-order valence-electron chi connectivity index (χ0n) is 18.9. The van der Waals surface area contributed by atoms with Crippen LogP contribution in [0, 0.1) is 6.92 Å². The molecule has 1 aliphatic rings. The van der Waals surface area contributed by atoms with E-state index in [0.29, 0.717) is 28.8 Å². The Hall–Kier alpha value is -3.71. The molecule has 4 aromatic rings. The lowest BCUT2D eigenvalue weighted by Gasteiger charge is -2.25. The van der Waals surface area contributed by atoms with E-state index in [4.69, 9.17) is 4.98 Å². The van der Waals surface area contributed by atoms with Crippen molar-refractivity contribution in [3.8, 4) is 0 Å². The smallest absolute Gasteiger partial charge is 0.261 e. The number of benzene rings is 1. The normalized spacial score (nSPS) is 14.4. The average molecular weight is 441 g/mol. The van der Waals surface area contributed by atoms with Crippen molar-refractivity contribution in [2.24, 2.45) is 7.05 Å². The van der Waals surface area contributed by atoms with Gasteiger partial charge in [0.25, 0.3) is 5.56 Å². The SMILES string of the molecule is Cc1ccnc(Nc2cc3ccn(C)c(=O)c3c(Nc3ccccc3C3CCNCC3)n2)c1. The second-order valence-corrected chi connectivity index (χ2v) is 8.63. The van der Waals surface area contributed by atoms with Crippen molar-refractivity contribution in [1.82, 2.24) is 19.9 Å². The van der Waals surface area contributed by atoms with Gasteiger partial charge in [-0.2, -0.15) is 0 Å². The first kappa shape index (κ1) is 21.2. The number of hydrogen-bond donors (Lipinski definition) is 3. The van der Waals surface area contributed by atoms with Crippen LogP contribution in [0.2, 0.25) is 0 Å². The van der Waals surface area contributed by atoms with Crippen LogP contribution in [-0.2, 0) is 7.05 Å². The quantitative estimate of drug-likeness (QED) is 0.421. The van der Waals surface area contributed by atoms with Crippen LogP contribution in [0.4, 0.5) is 23.1 Å². The molecule has 33 heavy (non-hydrogen) atoms. The molecule has 0 aliphatic carbocycles. The highest BCUT2D eigenvalue weighted by Gasteiger charge is 2.19. The lowest BCUT2D eigenvalue weighted by Crippen LogP contribution is -2.27. The van der Waals surface area contributed by atoms with E-state index in [1.54, 1.807) is 24.0 Å². The van der Waals surface area contributed by atoms with Crippen molar-refractivity contribution < 1.29 is 0 Å². The van der Waals surface area contributed by atoms with Crippen molar-refractivity contribution >= 4 is 33.9 Å². The molecular formula is C26H28N6O. The summed E-state index contributed by atoms with van der Waals surface area (Å²) in [6.45, 7) is 4.06. The number of anilines is 4. The van der Waals surface area contributed by atoms with Crippen LogP contribution in [-0.4, -0.2) is 27.6 Å². The summed E-state index contributed by atoms with van der Waals surface area (Å²) in [7, 11) is 1.76. The third-order valence-electron chi connectivity index (χ3n) is 6.23. The highest BCUT2D eigenvalue weighted by molar-refractivity contribution is 5.95. The van der Waals surface area contributed by atoms with Crippen molar-refractivity contribution in [3.63, 3.8) is 0 Å². The fourth-order valence-electron chi connectivity index (χ4n) is 4.47. The fourth-order valence-corrected chi connectivity index (χ4v) is 4.47. The van der Waals surface area contributed by atoms with Crippen LogP contribution in [0.1, 0.15) is 29.9 Å². The summed E-state index contributed by atoms with van der Waals surface area (Å²) in [6.07, 6.45) is 5.74. The Morgan fingerprint density at radius 1 is 1.03 bits per heavy atom. The molecule has 3 aromatic heterocycles. The van der Waals surface area contributed by atoms with Crippen molar-refractivity contribution in [3.05, 3.63) is 82.4 Å². The van der Waals surface area contributed by atoms with Crippen LogP contribution < -0.4 is 21.5 Å². The number of nitrogens with zero attached hydrogens (tertiary/aromatic N) is 3. The summed E-state index contributed by atoms with van der Waals surface area (Å²) < 4.78 is 1.59. The molecule has 0 spiro atoms. The molecule has 0 radical (unpaired) electrons. The molecule has 7 nitrogen and oxygen atoms in total. The predicted octanol–water partition coefficient (Wildman–Crippen LogP) is 4.59. The van der Waals surface area contributed by atoms with Gasteiger partial charge in [0.05, 0.1) is 5.39 Å². The van der Waals surface area contributed by atoms with Crippen LogP contribution in [0.3, 0.4) is 0 Å². The van der Waals surface area contributed by atoms with Crippen LogP contribution in [0.25, 0.3) is 10.8 Å². The minimum atomic E-state index is -0.0814. The Balaban J connectivity index is 1.59. The Morgan fingerprint density at radius 2 is 1.85 bits per heavy atom. The van der Waals surface area contributed by atoms with Crippen molar-refractivity contribution in [2.45, 2.75) is 25.7 Å². The van der Waals surface area contributed by atoms with Crippen molar-refractivity contribution in [2.75, 3.05) is 23.7 Å². The number of fused-ring (bicyclic) bond motifs is 1. The molecule has 3 N–H and O–H groups in total. The zero-order chi connectivity index (χ0) is 22.8. The van der Waals surface area contributed by atoms with E-state index >= 15 is 0 Å². The second-order valence-electron chi connectivity index (χ2n) is 8.63. The van der Waals surface area contributed by atoms with E-state index in [9.17, 15) is 4.79 Å². The molecule has 1 fully saturated rings. The first-order valence-electron chi connectivity index (χ1n) is 11.4. The molecule has 5 rings (SSSR count). The summed E-state index contributed by atoms with van der Waals surface area (Å²) in [4.78, 5) is 22.3. The summed E-state index contributed by atoms with van der Waals surface area (Å²) >= 11 is 0. The summed E-state index contributed by atoms with van der Waals surface area (Å²) in [5.41, 5.74) is 3.29. The maximum atomic E-state index is 13.1. The number of hydrogen-bond acceptors (Lipinski definition) is 6. The molecule has 168 valence electrons. The molecule has 0 atom stereocenters. The molecular weight excluding hydrogens is 412 g/mol. The number of piperidine rings is 1. The highest BCUT2D eigenvalue weighted by Crippen LogP contribution is 2.34. The van der Waals surface area contributed by atoms with E-state index < -0.39 is 0 Å². The average Bonchev–Trinajstić information content (AvgIpc) is 2.82. The molecule has 4 heterocycles. The predicted molar refractivity (Wildman–Crippen MR) is 134 cm³/mol. The van der Waals surface area contributed by atoms with E-state index in [1.165, 1.54) is 5.56 Å². The van der Waals surface area contributed by atoms with E-state index in [2.05, 4.69) is 39.1 Å². The zero-order valence-corrected chi connectivity index (χ0v) is 18.9. The maximum absolute atomic E-state index is 13.1. The monoisotopic (exact) mass is 440 g/mol. The summed E-state index contributed by atoms with van der Waals surface area (Å²) in [5.74, 6) is 2.37. The Bertz CT molecular complexity index is 1360. The Labute approximate surface area is 192 Å². The van der Waals surface area contributed by atoms with E-state index in [0.717, 1.165) is 42.6 Å². The van der Waals surface area contributed by atoms with E-state index in [-0.39, 0.29) is 5.56 Å². The molecule has 1 aliphatic heterocycles. The first-order valence-corrected chi connectivity index (χ1v) is 11.4. The van der Waals surface area contributed by atoms with Gasteiger partial charge in [0.1, 0.15) is 17.5 Å². The molecule has 0 bridgehead atoms. The Morgan fingerprint density at radius 3 is 2.67 bits per heavy atom. The third kappa shape index (κ3) is 4.45. The Kier molecular flexibility index (Phi) is 5.79. The van der Waals surface area contributed by atoms with Crippen LogP contribution >= 0.6 is 0 Å². The maximum Gasteiger partial charge on any atom is 0.261 e. The van der Waals surface area contributed by atoms with Gasteiger partial charge in [0, 0.05) is 25.1 Å². The van der Waals surface area contributed by atoms with E-state index in [1.807, 2.05) is 37.3 Å². The second kappa shape index (κ2) is 9.03. The van der Waals surface area contributed by atoms with Gasteiger partial charge in [0.2, 0.25) is 0 Å². The van der Waals surface area contributed by atoms with Gasteiger partial charge < -0.3 is 20.5 Å². The fraction of sp³-hybridized carbons (Fsp3) is 0.269.